The van der Waals surface area contributed by atoms with Gasteiger partial charge in [-0.25, -0.2) is 0 Å². The number of halogens is 1. The fourth-order valence-corrected chi connectivity index (χ4v) is 2.98. The summed E-state index contributed by atoms with van der Waals surface area (Å²) in [7, 11) is 0. The second-order valence-corrected chi connectivity index (χ2v) is 5.98. The molecule has 6 heteroatoms. The lowest BCUT2D eigenvalue weighted by Crippen LogP contribution is -2.25. The molecular formula is C18H15ClN2O3. The molecule has 0 saturated heterocycles. The highest BCUT2D eigenvalue weighted by Gasteiger charge is 2.14. The zero-order chi connectivity index (χ0) is 16.5. The molecule has 2 heterocycles. The Morgan fingerprint density at radius 3 is 2.92 bits per heavy atom. The second kappa shape index (κ2) is 6.09. The Kier molecular flexibility index (Phi) is 3.78. The number of aromatic nitrogens is 1. The molecule has 5 nitrogen and oxygen atoms in total. The van der Waals surface area contributed by atoms with E-state index in [-0.39, 0.29) is 12.7 Å². The van der Waals surface area contributed by atoms with Crippen LogP contribution in [0.5, 0.6) is 11.5 Å². The largest absolute Gasteiger partial charge is 0.454 e. The molecule has 2 aromatic carbocycles. The van der Waals surface area contributed by atoms with E-state index in [1.807, 2.05) is 30.3 Å². The van der Waals surface area contributed by atoms with E-state index in [2.05, 4.69) is 10.3 Å². The molecule has 0 saturated carbocycles. The molecule has 0 atom stereocenters. The number of rotatable bonds is 4. The van der Waals surface area contributed by atoms with Crippen LogP contribution in [0.25, 0.3) is 10.9 Å². The van der Waals surface area contributed by atoms with E-state index in [1.165, 1.54) is 0 Å². The molecule has 0 spiro atoms. The van der Waals surface area contributed by atoms with Gasteiger partial charge in [0.05, 0.1) is 0 Å². The van der Waals surface area contributed by atoms with Crippen LogP contribution < -0.4 is 14.8 Å². The van der Waals surface area contributed by atoms with Crippen molar-refractivity contribution in [1.29, 1.82) is 0 Å². The smallest absolute Gasteiger partial charge is 0.267 e. The molecule has 1 aliphatic rings. The third-order valence-electron chi connectivity index (χ3n) is 3.99. The van der Waals surface area contributed by atoms with Crippen LogP contribution in [0.2, 0.25) is 5.02 Å². The predicted octanol–water partition coefficient (Wildman–Crippen LogP) is 3.52. The maximum Gasteiger partial charge on any atom is 0.267 e. The van der Waals surface area contributed by atoms with Crippen LogP contribution in [0.1, 0.15) is 16.1 Å². The van der Waals surface area contributed by atoms with Crippen LogP contribution in [0, 0.1) is 0 Å². The molecule has 1 aliphatic heterocycles. The minimum Gasteiger partial charge on any atom is -0.454 e. The van der Waals surface area contributed by atoms with Crippen LogP contribution in [0.3, 0.4) is 0 Å². The van der Waals surface area contributed by atoms with Crippen molar-refractivity contribution < 1.29 is 14.3 Å². The summed E-state index contributed by atoms with van der Waals surface area (Å²) in [4.78, 5) is 15.4. The van der Waals surface area contributed by atoms with E-state index in [0.717, 1.165) is 28.0 Å². The fraction of sp³-hybridized carbons (Fsp3) is 0.167. The molecular weight excluding hydrogens is 328 g/mol. The number of benzene rings is 2. The van der Waals surface area contributed by atoms with Gasteiger partial charge in [0.1, 0.15) is 5.69 Å². The van der Waals surface area contributed by atoms with Crippen molar-refractivity contribution in [3.63, 3.8) is 0 Å². The maximum atomic E-state index is 12.3. The molecule has 1 amide bonds. The molecule has 0 radical (unpaired) electrons. The Morgan fingerprint density at radius 1 is 1.17 bits per heavy atom. The van der Waals surface area contributed by atoms with Crippen molar-refractivity contribution >= 4 is 28.4 Å². The Morgan fingerprint density at radius 2 is 2.04 bits per heavy atom. The predicted molar refractivity (Wildman–Crippen MR) is 91.9 cm³/mol. The molecule has 122 valence electrons. The molecule has 1 aromatic heterocycles. The summed E-state index contributed by atoms with van der Waals surface area (Å²) < 4.78 is 10.6. The molecule has 0 bridgehead atoms. The highest BCUT2D eigenvalue weighted by atomic mass is 35.5. The molecule has 4 rings (SSSR count). The van der Waals surface area contributed by atoms with E-state index < -0.39 is 0 Å². The molecule has 24 heavy (non-hydrogen) atoms. The van der Waals surface area contributed by atoms with Gasteiger partial charge in [-0.05, 0) is 42.3 Å². The zero-order valence-electron chi connectivity index (χ0n) is 12.8. The van der Waals surface area contributed by atoms with Gasteiger partial charge in [-0.3, -0.25) is 4.79 Å². The number of H-pyrrole nitrogens is 1. The summed E-state index contributed by atoms with van der Waals surface area (Å²) in [5.74, 6) is 1.37. The minimum atomic E-state index is -0.150. The Balaban J connectivity index is 1.40. The van der Waals surface area contributed by atoms with Crippen molar-refractivity contribution in [1.82, 2.24) is 10.3 Å². The van der Waals surface area contributed by atoms with E-state index in [1.54, 1.807) is 12.1 Å². The van der Waals surface area contributed by atoms with Crippen molar-refractivity contribution in [3.05, 3.63) is 58.7 Å². The van der Waals surface area contributed by atoms with E-state index in [4.69, 9.17) is 21.1 Å². The minimum absolute atomic E-state index is 0.150. The standard InChI is InChI=1S/C18H15ClN2O3/c19-13-2-1-3-14-12(13)9-15(21-14)18(22)20-7-6-11-4-5-16-17(8-11)24-10-23-16/h1-5,8-9,21H,6-7,10H2,(H,20,22). The number of aromatic amines is 1. The number of amides is 1. The van der Waals surface area contributed by atoms with E-state index >= 15 is 0 Å². The summed E-state index contributed by atoms with van der Waals surface area (Å²) in [6.07, 6.45) is 0.712. The topological polar surface area (TPSA) is 63.4 Å². The fourth-order valence-electron chi connectivity index (χ4n) is 2.75. The number of carbonyl (C=O) groups is 1. The third-order valence-corrected chi connectivity index (χ3v) is 4.32. The number of hydrogen-bond acceptors (Lipinski definition) is 3. The van der Waals surface area contributed by atoms with Crippen LogP contribution in [0.15, 0.2) is 42.5 Å². The first kappa shape index (κ1) is 14.9. The second-order valence-electron chi connectivity index (χ2n) is 5.58. The number of carbonyl (C=O) groups excluding carboxylic acids is 1. The van der Waals surface area contributed by atoms with Crippen LogP contribution in [-0.2, 0) is 6.42 Å². The molecule has 0 unspecified atom stereocenters. The van der Waals surface area contributed by atoms with Gasteiger partial charge in [0.25, 0.3) is 5.91 Å². The van der Waals surface area contributed by atoms with Crippen LogP contribution in [0.4, 0.5) is 0 Å². The molecule has 0 fully saturated rings. The highest BCUT2D eigenvalue weighted by molar-refractivity contribution is 6.35. The lowest BCUT2D eigenvalue weighted by molar-refractivity contribution is 0.0950. The van der Waals surface area contributed by atoms with Gasteiger partial charge >= 0.3 is 0 Å². The maximum absolute atomic E-state index is 12.3. The van der Waals surface area contributed by atoms with Crippen LogP contribution in [-0.4, -0.2) is 24.2 Å². The first-order chi connectivity index (χ1) is 11.7. The summed E-state index contributed by atoms with van der Waals surface area (Å²) in [6.45, 7) is 0.792. The number of hydrogen-bond donors (Lipinski definition) is 2. The number of ether oxygens (including phenoxy) is 2. The summed E-state index contributed by atoms with van der Waals surface area (Å²) >= 11 is 6.13. The van der Waals surface area contributed by atoms with E-state index in [0.29, 0.717) is 23.7 Å². The highest BCUT2D eigenvalue weighted by Crippen LogP contribution is 2.32. The quantitative estimate of drug-likeness (QED) is 0.762. The van der Waals surface area contributed by atoms with Crippen LogP contribution >= 0.6 is 11.6 Å². The molecule has 3 aromatic rings. The lowest BCUT2D eigenvalue weighted by Gasteiger charge is -2.05. The first-order valence-electron chi connectivity index (χ1n) is 7.65. The van der Waals surface area contributed by atoms with E-state index in [9.17, 15) is 4.79 Å². The van der Waals surface area contributed by atoms with Crippen molar-refractivity contribution in [2.45, 2.75) is 6.42 Å². The monoisotopic (exact) mass is 342 g/mol. The van der Waals surface area contributed by atoms with Gasteiger partial charge in [-0.15, -0.1) is 0 Å². The SMILES string of the molecule is O=C(NCCc1ccc2c(c1)OCO2)c1cc2c(Cl)cccc2[nH]1. The van der Waals surface area contributed by atoms with Gasteiger partial charge in [0.15, 0.2) is 11.5 Å². The van der Waals surface area contributed by atoms with Gasteiger partial charge in [0.2, 0.25) is 6.79 Å². The summed E-state index contributed by atoms with van der Waals surface area (Å²) in [5.41, 5.74) is 2.44. The Labute approximate surface area is 143 Å². The summed E-state index contributed by atoms with van der Waals surface area (Å²) in [6, 6.07) is 13.1. The van der Waals surface area contributed by atoms with Gasteiger partial charge in [-0.1, -0.05) is 23.7 Å². The summed E-state index contributed by atoms with van der Waals surface area (Å²) in [5, 5.41) is 4.39. The molecule has 2 N–H and O–H groups in total. The number of fused-ring (bicyclic) bond motifs is 2. The van der Waals surface area contributed by atoms with Crippen molar-refractivity contribution in [2.24, 2.45) is 0 Å². The average molecular weight is 343 g/mol. The normalized spacial score (nSPS) is 12.5. The van der Waals surface area contributed by atoms with Gasteiger partial charge < -0.3 is 19.8 Å². The van der Waals surface area contributed by atoms with Crippen molar-refractivity contribution in [3.8, 4) is 11.5 Å². The number of nitrogens with one attached hydrogen (secondary N) is 2. The first-order valence-corrected chi connectivity index (χ1v) is 8.02. The van der Waals surface area contributed by atoms with Crippen molar-refractivity contribution in [2.75, 3.05) is 13.3 Å². The third kappa shape index (κ3) is 2.78. The van der Waals surface area contributed by atoms with Gasteiger partial charge in [-0.2, -0.15) is 0 Å². The zero-order valence-corrected chi connectivity index (χ0v) is 13.5. The Hall–Kier alpha value is -2.66. The lowest BCUT2D eigenvalue weighted by atomic mass is 10.1. The Bertz CT molecular complexity index is 920. The van der Waals surface area contributed by atoms with Gasteiger partial charge in [0, 0.05) is 22.5 Å². The molecule has 0 aliphatic carbocycles. The average Bonchev–Trinajstić information content (AvgIpc) is 3.21.